The number of nitrogens with zero attached hydrogens (tertiary/aromatic N) is 1. The van der Waals surface area contributed by atoms with Gasteiger partial charge in [0, 0.05) is 17.7 Å². The van der Waals surface area contributed by atoms with Gasteiger partial charge >= 0.3 is 0 Å². The van der Waals surface area contributed by atoms with E-state index in [1.54, 1.807) is 0 Å². The van der Waals surface area contributed by atoms with Gasteiger partial charge in [0.1, 0.15) is 0 Å². The Balaban J connectivity index is 2.17. The quantitative estimate of drug-likeness (QED) is 0.545. The van der Waals surface area contributed by atoms with Gasteiger partial charge in [0.25, 0.3) is 11.6 Å². The third-order valence-electron chi connectivity index (χ3n) is 4.01. The lowest BCUT2D eigenvalue weighted by molar-refractivity contribution is -0.683. The summed E-state index contributed by atoms with van der Waals surface area (Å²) in [5.41, 5.74) is 1.14. The van der Waals surface area contributed by atoms with Gasteiger partial charge in [0.05, 0.1) is 22.2 Å². The number of benzene rings is 2. The van der Waals surface area contributed by atoms with Gasteiger partial charge in [0.2, 0.25) is 0 Å². The van der Waals surface area contributed by atoms with Crippen molar-refractivity contribution in [2.75, 3.05) is 11.9 Å². The van der Waals surface area contributed by atoms with E-state index < -0.39 is 11.0 Å². The van der Waals surface area contributed by atoms with E-state index in [2.05, 4.69) is 19.2 Å². The molecule has 0 aliphatic carbocycles. The molecule has 0 saturated carbocycles. The van der Waals surface area contributed by atoms with Crippen molar-refractivity contribution in [1.82, 2.24) is 0 Å². The molecule has 6 nitrogen and oxygen atoms in total. The number of nitrogens with one attached hydrogen (secondary N) is 1. The van der Waals surface area contributed by atoms with Crippen LogP contribution in [0.3, 0.4) is 0 Å². The standard InChI is InChI=1S/C19H22ClN3O3/c1-13(2)10-11-21-18(14-6-4-3-5-7-14)19(24)22-17-9-8-15(23(25)26)12-16(17)20/h3-9,12-13,18,21H,10-11H2,1-2H3,(H,22,24)/p+1/t18-/m0/s1. The first-order valence-corrected chi connectivity index (χ1v) is 8.89. The molecule has 0 spiro atoms. The monoisotopic (exact) mass is 376 g/mol. The van der Waals surface area contributed by atoms with Crippen molar-refractivity contribution in [2.24, 2.45) is 5.92 Å². The van der Waals surface area contributed by atoms with Crippen LogP contribution in [0.15, 0.2) is 48.5 Å². The fourth-order valence-electron chi connectivity index (χ4n) is 2.58. The van der Waals surface area contributed by atoms with Crippen LogP contribution in [-0.2, 0) is 4.79 Å². The van der Waals surface area contributed by atoms with Crippen molar-refractivity contribution in [1.29, 1.82) is 0 Å². The molecule has 138 valence electrons. The minimum Gasteiger partial charge on any atom is -0.332 e. The Labute approximate surface area is 157 Å². The molecule has 1 amide bonds. The Morgan fingerprint density at radius 2 is 1.92 bits per heavy atom. The highest BCUT2D eigenvalue weighted by Crippen LogP contribution is 2.27. The molecule has 0 bridgehead atoms. The fraction of sp³-hybridized carbons (Fsp3) is 0.316. The second-order valence-electron chi connectivity index (χ2n) is 6.51. The Bertz CT molecular complexity index is 766. The number of rotatable bonds is 8. The molecule has 26 heavy (non-hydrogen) atoms. The highest BCUT2D eigenvalue weighted by atomic mass is 35.5. The van der Waals surface area contributed by atoms with Crippen molar-refractivity contribution in [2.45, 2.75) is 26.3 Å². The van der Waals surface area contributed by atoms with Crippen molar-refractivity contribution in [3.8, 4) is 0 Å². The van der Waals surface area contributed by atoms with E-state index in [4.69, 9.17) is 11.6 Å². The predicted octanol–water partition coefficient (Wildman–Crippen LogP) is 3.54. The molecule has 1 atom stereocenters. The number of nitro benzene ring substituents is 1. The number of anilines is 1. The third-order valence-corrected chi connectivity index (χ3v) is 4.32. The zero-order chi connectivity index (χ0) is 19.1. The third kappa shape index (κ3) is 5.54. The van der Waals surface area contributed by atoms with Crippen LogP contribution in [0.4, 0.5) is 11.4 Å². The Morgan fingerprint density at radius 1 is 1.23 bits per heavy atom. The van der Waals surface area contributed by atoms with Gasteiger partial charge in [0.15, 0.2) is 6.04 Å². The lowest BCUT2D eigenvalue weighted by Crippen LogP contribution is -2.87. The molecule has 0 aromatic heterocycles. The second kappa shape index (κ2) is 9.31. The highest BCUT2D eigenvalue weighted by Gasteiger charge is 2.25. The van der Waals surface area contributed by atoms with Gasteiger partial charge in [-0.2, -0.15) is 0 Å². The normalized spacial score (nSPS) is 12.0. The Kier molecular flexibility index (Phi) is 7.12. The van der Waals surface area contributed by atoms with Gasteiger partial charge in [-0.15, -0.1) is 0 Å². The number of carbonyl (C=O) groups excluding carboxylic acids is 1. The molecular formula is C19H23ClN3O3+. The van der Waals surface area contributed by atoms with Gasteiger partial charge in [-0.05, 0) is 18.4 Å². The van der Waals surface area contributed by atoms with Crippen LogP contribution in [0.25, 0.3) is 0 Å². The number of hydrogen-bond donors (Lipinski definition) is 2. The van der Waals surface area contributed by atoms with Gasteiger partial charge in [-0.1, -0.05) is 55.8 Å². The fourth-order valence-corrected chi connectivity index (χ4v) is 2.80. The van der Waals surface area contributed by atoms with Crippen LogP contribution in [0, 0.1) is 16.0 Å². The smallest absolute Gasteiger partial charge is 0.287 e. The van der Waals surface area contributed by atoms with E-state index >= 15 is 0 Å². The maximum absolute atomic E-state index is 12.8. The number of nitro groups is 1. The number of hydrogen-bond acceptors (Lipinski definition) is 3. The molecule has 0 aliphatic heterocycles. The summed E-state index contributed by atoms with van der Waals surface area (Å²) in [5.74, 6) is 0.338. The SMILES string of the molecule is CC(C)CC[NH2+][C@H](C(=O)Nc1ccc([N+](=O)[O-])cc1Cl)c1ccccc1. The highest BCUT2D eigenvalue weighted by molar-refractivity contribution is 6.34. The van der Waals surface area contributed by atoms with E-state index in [1.165, 1.54) is 18.2 Å². The number of amides is 1. The van der Waals surface area contributed by atoms with Crippen LogP contribution in [0.1, 0.15) is 31.9 Å². The maximum atomic E-state index is 12.8. The number of nitrogens with two attached hydrogens (primary N) is 1. The molecule has 0 aliphatic rings. The molecule has 0 saturated heterocycles. The largest absolute Gasteiger partial charge is 0.332 e. The van der Waals surface area contributed by atoms with E-state index in [1.807, 2.05) is 35.6 Å². The minimum absolute atomic E-state index is 0.115. The Hall–Kier alpha value is -2.44. The van der Waals surface area contributed by atoms with Crippen LogP contribution >= 0.6 is 11.6 Å². The summed E-state index contributed by atoms with van der Waals surface area (Å²) in [7, 11) is 0. The summed E-state index contributed by atoms with van der Waals surface area (Å²) in [4.78, 5) is 23.1. The number of quaternary nitrogens is 1. The lowest BCUT2D eigenvalue weighted by Gasteiger charge is -2.17. The van der Waals surface area contributed by atoms with Crippen molar-refractivity contribution in [3.05, 3.63) is 69.2 Å². The molecular weight excluding hydrogens is 354 g/mol. The molecule has 0 unspecified atom stereocenters. The van der Waals surface area contributed by atoms with Crippen LogP contribution < -0.4 is 10.6 Å². The summed E-state index contributed by atoms with van der Waals surface area (Å²) < 4.78 is 0. The molecule has 2 aromatic carbocycles. The predicted molar refractivity (Wildman–Crippen MR) is 102 cm³/mol. The van der Waals surface area contributed by atoms with Gasteiger partial charge in [-0.25, -0.2) is 0 Å². The molecule has 2 rings (SSSR count). The molecule has 0 heterocycles. The average molecular weight is 377 g/mol. The summed E-state index contributed by atoms with van der Waals surface area (Å²) in [5, 5.41) is 15.7. The molecule has 3 N–H and O–H groups in total. The molecule has 0 radical (unpaired) electrons. The second-order valence-corrected chi connectivity index (χ2v) is 6.91. The minimum atomic E-state index is -0.524. The van der Waals surface area contributed by atoms with Crippen LogP contribution in [0.5, 0.6) is 0 Å². The van der Waals surface area contributed by atoms with Crippen LogP contribution in [-0.4, -0.2) is 17.4 Å². The maximum Gasteiger partial charge on any atom is 0.287 e. The van der Waals surface area contributed by atoms with Crippen molar-refractivity contribution < 1.29 is 15.0 Å². The summed E-state index contributed by atoms with van der Waals surface area (Å²) in [6.45, 7) is 5.10. The lowest BCUT2D eigenvalue weighted by atomic mass is 10.0. The average Bonchev–Trinajstić information content (AvgIpc) is 2.60. The molecule has 0 fully saturated rings. The first-order valence-electron chi connectivity index (χ1n) is 8.51. The summed E-state index contributed by atoms with van der Waals surface area (Å²) in [6.07, 6.45) is 0.995. The van der Waals surface area contributed by atoms with Crippen molar-refractivity contribution >= 4 is 28.9 Å². The number of non-ortho nitro benzene ring substituents is 1. The first kappa shape index (κ1) is 19.9. The van der Waals surface area contributed by atoms with E-state index in [-0.39, 0.29) is 16.6 Å². The number of carbonyl (C=O) groups is 1. The molecule has 2 aromatic rings. The topological polar surface area (TPSA) is 88.8 Å². The van der Waals surface area contributed by atoms with Gasteiger partial charge < -0.3 is 10.6 Å². The first-order chi connectivity index (χ1) is 12.4. The van der Waals surface area contributed by atoms with Gasteiger partial charge in [-0.3, -0.25) is 14.9 Å². The van der Waals surface area contributed by atoms with E-state index in [0.29, 0.717) is 11.6 Å². The van der Waals surface area contributed by atoms with Crippen molar-refractivity contribution in [3.63, 3.8) is 0 Å². The molecule has 7 heteroatoms. The zero-order valence-electron chi connectivity index (χ0n) is 14.8. The Morgan fingerprint density at radius 3 is 2.50 bits per heavy atom. The van der Waals surface area contributed by atoms with Crippen LogP contribution in [0.2, 0.25) is 5.02 Å². The summed E-state index contributed by atoms with van der Waals surface area (Å²) >= 11 is 6.08. The zero-order valence-corrected chi connectivity index (χ0v) is 15.6. The number of halogens is 1. The van der Waals surface area contributed by atoms with E-state index in [0.717, 1.165) is 18.5 Å². The van der Waals surface area contributed by atoms with E-state index in [9.17, 15) is 14.9 Å². The summed E-state index contributed by atoms with van der Waals surface area (Å²) in [6, 6.07) is 13.1.